The van der Waals surface area contributed by atoms with E-state index in [1.165, 1.54) is 11.1 Å². The molecule has 1 aliphatic carbocycles. The minimum atomic E-state index is -3.06. The average Bonchev–Trinajstić information content (AvgIpc) is 3.34. The van der Waals surface area contributed by atoms with Crippen molar-refractivity contribution in [3.05, 3.63) is 18.4 Å². The molecule has 0 spiro atoms. The van der Waals surface area contributed by atoms with Crippen molar-refractivity contribution < 1.29 is 17.6 Å². The zero-order chi connectivity index (χ0) is 18.1. The standard InChI is InChI=1S/C16H21N5O4S/c22-15(10-20-18-16(17-19-20)14-6-3-8-25-14)21(12-4-1-2-5-12)13-7-9-26(23,24)11-13/h3,6,8,12-13H,1-2,4-5,7,9-11H2/t13-/m0/s1. The van der Waals surface area contributed by atoms with Gasteiger partial charge in [-0.15, -0.1) is 10.2 Å². The van der Waals surface area contributed by atoms with Gasteiger partial charge in [0.1, 0.15) is 6.54 Å². The summed E-state index contributed by atoms with van der Waals surface area (Å²) < 4.78 is 29.0. The molecule has 2 fully saturated rings. The van der Waals surface area contributed by atoms with E-state index < -0.39 is 9.84 Å². The molecule has 2 aromatic rings. The van der Waals surface area contributed by atoms with Gasteiger partial charge in [-0.05, 0) is 36.6 Å². The van der Waals surface area contributed by atoms with Crippen LogP contribution in [-0.4, -0.2) is 63.0 Å². The molecule has 1 saturated heterocycles. The molecule has 0 unspecified atom stereocenters. The van der Waals surface area contributed by atoms with E-state index in [4.69, 9.17) is 4.42 Å². The van der Waals surface area contributed by atoms with E-state index >= 15 is 0 Å². The van der Waals surface area contributed by atoms with Gasteiger partial charge in [0, 0.05) is 12.1 Å². The number of carbonyl (C=O) groups excluding carboxylic acids is 1. The van der Waals surface area contributed by atoms with E-state index in [0.29, 0.717) is 18.0 Å². The van der Waals surface area contributed by atoms with Crippen LogP contribution in [0.15, 0.2) is 22.8 Å². The maximum Gasteiger partial charge on any atom is 0.246 e. The lowest BCUT2D eigenvalue weighted by Crippen LogP contribution is -2.48. The lowest BCUT2D eigenvalue weighted by atomic mass is 10.1. The largest absolute Gasteiger partial charge is 0.461 e. The molecule has 2 aliphatic rings. The monoisotopic (exact) mass is 379 g/mol. The Hall–Kier alpha value is -2.23. The van der Waals surface area contributed by atoms with E-state index in [-0.39, 0.29) is 36.0 Å². The van der Waals surface area contributed by atoms with Gasteiger partial charge in [-0.3, -0.25) is 4.79 Å². The Morgan fingerprint density at radius 2 is 2.08 bits per heavy atom. The summed E-state index contributed by atoms with van der Waals surface area (Å²) in [6, 6.07) is 3.30. The van der Waals surface area contributed by atoms with Crippen molar-refractivity contribution >= 4 is 15.7 Å². The predicted octanol–water partition coefficient (Wildman–Crippen LogP) is 0.891. The fraction of sp³-hybridized carbons (Fsp3) is 0.625. The second kappa shape index (κ2) is 6.82. The van der Waals surface area contributed by atoms with Crippen molar-refractivity contribution in [3.63, 3.8) is 0 Å². The van der Waals surface area contributed by atoms with Crippen molar-refractivity contribution in [1.82, 2.24) is 25.1 Å². The Morgan fingerprint density at radius 1 is 1.27 bits per heavy atom. The number of hydrogen-bond donors (Lipinski definition) is 0. The number of hydrogen-bond acceptors (Lipinski definition) is 7. The number of aromatic nitrogens is 4. The minimum absolute atomic E-state index is 0.0532. The van der Waals surface area contributed by atoms with Crippen molar-refractivity contribution in [3.8, 4) is 11.6 Å². The molecule has 2 aromatic heterocycles. The first kappa shape index (κ1) is 17.2. The first-order chi connectivity index (χ1) is 12.5. The Bertz CT molecular complexity index is 870. The number of rotatable bonds is 5. The topological polar surface area (TPSA) is 111 Å². The molecule has 26 heavy (non-hydrogen) atoms. The molecule has 1 amide bonds. The van der Waals surface area contributed by atoms with Crippen LogP contribution in [0.2, 0.25) is 0 Å². The summed E-state index contributed by atoms with van der Waals surface area (Å²) in [6.45, 7) is -0.0548. The molecule has 10 heteroatoms. The van der Waals surface area contributed by atoms with Crippen molar-refractivity contribution in [2.75, 3.05) is 11.5 Å². The van der Waals surface area contributed by atoms with Crippen LogP contribution >= 0.6 is 0 Å². The van der Waals surface area contributed by atoms with Crippen LogP contribution in [0.5, 0.6) is 0 Å². The van der Waals surface area contributed by atoms with E-state index in [9.17, 15) is 13.2 Å². The quantitative estimate of drug-likeness (QED) is 0.758. The third-order valence-electron chi connectivity index (χ3n) is 5.08. The summed E-state index contributed by atoms with van der Waals surface area (Å²) in [5.41, 5.74) is 0. The second-order valence-corrected chi connectivity index (χ2v) is 9.15. The highest BCUT2D eigenvalue weighted by Gasteiger charge is 2.39. The highest BCUT2D eigenvalue weighted by molar-refractivity contribution is 7.91. The number of nitrogens with zero attached hydrogens (tertiary/aromatic N) is 5. The van der Waals surface area contributed by atoms with E-state index in [0.717, 1.165) is 25.7 Å². The average molecular weight is 379 g/mol. The predicted molar refractivity (Wildman–Crippen MR) is 91.7 cm³/mol. The third kappa shape index (κ3) is 3.50. The molecule has 1 aliphatic heterocycles. The highest BCUT2D eigenvalue weighted by atomic mass is 32.2. The number of tetrazole rings is 1. The number of furan rings is 1. The smallest absolute Gasteiger partial charge is 0.246 e. The Labute approximate surface area is 151 Å². The molecular weight excluding hydrogens is 358 g/mol. The van der Waals surface area contributed by atoms with Gasteiger partial charge in [-0.25, -0.2) is 8.42 Å². The fourth-order valence-corrected chi connectivity index (χ4v) is 5.61. The van der Waals surface area contributed by atoms with Gasteiger partial charge in [0.15, 0.2) is 15.6 Å². The van der Waals surface area contributed by atoms with Crippen LogP contribution in [0, 0.1) is 0 Å². The Morgan fingerprint density at radius 3 is 2.73 bits per heavy atom. The lowest BCUT2D eigenvalue weighted by Gasteiger charge is -2.33. The number of amides is 1. The molecule has 0 bridgehead atoms. The maximum absolute atomic E-state index is 13.0. The van der Waals surface area contributed by atoms with Crippen molar-refractivity contribution in [2.45, 2.75) is 50.7 Å². The Balaban J connectivity index is 1.51. The van der Waals surface area contributed by atoms with Gasteiger partial charge in [0.25, 0.3) is 0 Å². The fourth-order valence-electron chi connectivity index (χ4n) is 3.90. The SMILES string of the molecule is O=C(Cn1nnc(-c2ccco2)n1)N(C1CCCC1)[C@H]1CCS(=O)(=O)C1. The molecule has 4 rings (SSSR count). The van der Waals surface area contributed by atoms with Gasteiger partial charge in [0.05, 0.1) is 17.8 Å². The normalized spacial score (nSPS) is 22.7. The Kier molecular flexibility index (Phi) is 4.51. The first-order valence-corrected chi connectivity index (χ1v) is 10.7. The maximum atomic E-state index is 13.0. The molecule has 1 saturated carbocycles. The van der Waals surface area contributed by atoms with E-state index in [1.54, 1.807) is 17.0 Å². The van der Waals surface area contributed by atoms with Gasteiger partial charge in [-0.2, -0.15) is 4.80 Å². The van der Waals surface area contributed by atoms with E-state index in [2.05, 4.69) is 15.4 Å². The number of sulfone groups is 1. The summed E-state index contributed by atoms with van der Waals surface area (Å²) in [5.74, 6) is 0.857. The summed E-state index contributed by atoms with van der Waals surface area (Å²) in [6.07, 6.45) is 6.00. The van der Waals surface area contributed by atoms with Gasteiger partial charge < -0.3 is 9.32 Å². The zero-order valence-electron chi connectivity index (χ0n) is 14.3. The van der Waals surface area contributed by atoms with Crippen LogP contribution in [0.1, 0.15) is 32.1 Å². The van der Waals surface area contributed by atoms with Crippen LogP contribution in [0.4, 0.5) is 0 Å². The van der Waals surface area contributed by atoms with Crippen molar-refractivity contribution in [1.29, 1.82) is 0 Å². The van der Waals surface area contributed by atoms with Crippen LogP contribution in [0.25, 0.3) is 11.6 Å². The molecular formula is C16H21N5O4S. The van der Waals surface area contributed by atoms with E-state index in [1.807, 2.05) is 0 Å². The molecule has 0 N–H and O–H groups in total. The summed E-state index contributed by atoms with van der Waals surface area (Å²) in [5, 5.41) is 12.0. The summed E-state index contributed by atoms with van der Waals surface area (Å²) >= 11 is 0. The molecule has 0 radical (unpaired) electrons. The third-order valence-corrected chi connectivity index (χ3v) is 6.83. The first-order valence-electron chi connectivity index (χ1n) is 8.85. The summed E-state index contributed by atoms with van der Waals surface area (Å²) in [4.78, 5) is 16.0. The number of carbonyl (C=O) groups is 1. The molecule has 0 aromatic carbocycles. The van der Waals surface area contributed by atoms with Crippen LogP contribution < -0.4 is 0 Å². The van der Waals surface area contributed by atoms with Gasteiger partial charge in [-0.1, -0.05) is 12.8 Å². The zero-order valence-corrected chi connectivity index (χ0v) is 15.1. The lowest BCUT2D eigenvalue weighted by molar-refractivity contribution is -0.136. The molecule has 1 atom stereocenters. The van der Waals surface area contributed by atoms with Gasteiger partial charge in [0.2, 0.25) is 11.7 Å². The minimum Gasteiger partial charge on any atom is -0.461 e. The second-order valence-electron chi connectivity index (χ2n) is 6.92. The van der Waals surface area contributed by atoms with Crippen LogP contribution in [-0.2, 0) is 21.2 Å². The van der Waals surface area contributed by atoms with Crippen LogP contribution in [0.3, 0.4) is 0 Å². The summed E-state index contributed by atoms with van der Waals surface area (Å²) in [7, 11) is -3.06. The highest BCUT2D eigenvalue weighted by Crippen LogP contribution is 2.29. The molecule has 9 nitrogen and oxygen atoms in total. The van der Waals surface area contributed by atoms with Crippen molar-refractivity contribution in [2.24, 2.45) is 0 Å². The molecule has 3 heterocycles. The van der Waals surface area contributed by atoms with Gasteiger partial charge >= 0.3 is 0 Å². The molecule has 140 valence electrons.